The number of amides is 1. The van der Waals surface area contributed by atoms with Gasteiger partial charge in [-0.05, 0) is 65.7 Å². The molecule has 1 amide bonds. The van der Waals surface area contributed by atoms with Gasteiger partial charge in [0, 0.05) is 61.9 Å². The summed E-state index contributed by atoms with van der Waals surface area (Å²) in [5.74, 6) is 0.352. The Balaban J connectivity index is 1.05. The first-order chi connectivity index (χ1) is 21.3. The molecule has 2 N–H and O–H groups in total. The Labute approximate surface area is 257 Å². The number of sulfonamides is 1. The van der Waals surface area contributed by atoms with Crippen molar-refractivity contribution in [1.82, 2.24) is 14.3 Å². The predicted octanol–water partition coefficient (Wildman–Crippen LogP) is 6.02. The maximum absolute atomic E-state index is 13.3. The van der Waals surface area contributed by atoms with E-state index >= 15 is 0 Å². The Hall–Kier alpha value is -5.06. The van der Waals surface area contributed by atoms with E-state index in [0.29, 0.717) is 37.0 Å². The molecule has 1 aromatic heterocycles. The number of carbonyl (C=O) groups excluding carboxylic acids is 1. The van der Waals surface area contributed by atoms with Crippen LogP contribution in [0.5, 0.6) is 0 Å². The summed E-state index contributed by atoms with van der Waals surface area (Å²) < 4.78 is 28.2. The van der Waals surface area contributed by atoms with Gasteiger partial charge < -0.3 is 15.5 Å². The Morgan fingerprint density at radius 3 is 1.98 bits per heavy atom. The first-order valence-corrected chi connectivity index (χ1v) is 15.8. The van der Waals surface area contributed by atoms with E-state index < -0.39 is 10.0 Å². The van der Waals surface area contributed by atoms with Gasteiger partial charge in [-0.1, -0.05) is 54.6 Å². The molecule has 6 rings (SSSR count). The van der Waals surface area contributed by atoms with Gasteiger partial charge in [0.25, 0.3) is 0 Å². The van der Waals surface area contributed by atoms with Crippen LogP contribution in [0, 0.1) is 0 Å². The number of aromatic nitrogens is 2. The molecule has 0 atom stereocenters. The van der Waals surface area contributed by atoms with E-state index in [1.807, 2.05) is 97.1 Å². The number of nitrogens with zero attached hydrogens (tertiary/aromatic N) is 4. The quantitative estimate of drug-likeness (QED) is 0.223. The van der Waals surface area contributed by atoms with Crippen molar-refractivity contribution in [2.24, 2.45) is 0 Å². The van der Waals surface area contributed by atoms with E-state index in [9.17, 15) is 13.2 Å². The molecule has 4 aromatic carbocycles. The summed E-state index contributed by atoms with van der Waals surface area (Å²) in [6.45, 7) is 3.49. The summed E-state index contributed by atoms with van der Waals surface area (Å²) in [7, 11) is -3.57. The minimum atomic E-state index is -3.57. The first kappa shape index (κ1) is 29.0. The summed E-state index contributed by atoms with van der Waals surface area (Å²) in [5, 5.41) is 6.02. The predicted molar refractivity (Wildman–Crippen MR) is 174 cm³/mol. The zero-order valence-corrected chi connectivity index (χ0v) is 25.0. The van der Waals surface area contributed by atoms with Crippen LogP contribution in [0.1, 0.15) is 6.92 Å². The Morgan fingerprint density at radius 1 is 0.705 bits per heavy atom. The zero-order valence-electron chi connectivity index (χ0n) is 24.2. The van der Waals surface area contributed by atoms with Crippen molar-refractivity contribution in [1.29, 1.82) is 0 Å². The van der Waals surface area contributed by atoms with Gasteiger partial charge >= 0.3 is 0 Å². The number of hydrogen-bond acceptors (Lipinski definition) is 7. The summed E-state index contributed by atoms with van der Waals surface area (Å²) in [6, 6.07) is 34.3. The van der Waals surface area contributed by atoms with E-state index in [1.54, 1.807) is 22.6 Å². The summed E-state index contributed by atoms with van der Waals surface area (Å²) in [4.78, 5) is 22.8. The van der Waals surface area contributed by atoms with Gasteiger partial charge in [0.15, 0.2) is 0 Å². The van der Waals surface area contributed by atoms with Gasteiger partial charge in [-0.2, -0.15) is 4.31 Å². The molecule has 0 spiro atoms. The third-order valence-electron chi connectivity index (χ3n) is 7.48. The number of hydrogen-bond donors (Lipinski definition) is 2. The fraction of sp³-hybridized carbons (Fsp3) is 0.147. The molecule has 0 bridgehead atoms. The van der Waals surface area contributed by atoms with Crippen molar-refractivity contribution in [3.05, 3.63) is 115 Å². The molecular weight excluding hydrogens is 572 g/mol. The lowest BCUT2D eigenvalue weighted by atomic mass is 10.1. The molecule has 1 aliphatic heterocycles. The van der Waals surface area contributed by atoms with Crippen LogP contribution >= 0.6 is 0 Å². The molecule has 1 aliphatic rings. The molecule has 5 aromatic rings. The number of benzene rings is 4. The molecule has 0 aliphatic carbocycles. The fourth-order valence-corrected chi connectivity index (χ4v) is 6.60. The van der Waals surface area contributed by atoms with Gasteiger partial charge in [-0.3, -0.25) is 4.79 Å². The van der Waals surface area contributed by atoms with Crippen LogP contribution in [0.25, 0.3) is 22.4 Å². The first-order valence-electron chi connectivity index (χ1n) is 14.3. The molecular formula is C34H32N6O3S. The second-order valence-corrected chi connectivity index (χ2v) is 12.4. The molecule has 10 heteroatoms. The third-order valence-corrected chi connectivity index (χ3v) is 9.40. The van der Waals surface area contributed by atoms with E-state index in [2.05, 4.69) is 25.5 Å². The highest BCUT2D eigenvalue weighted by Gasteiger charge is 2.28. The average molecular weight is 605 g/mol. The van der Waals surface area contributed by atoms with Crippen LogP contribution < -0.4 is 15.5 Å². The van der Waals surface area contributed by atoms with Crippen molar-refractivity contribution < 1.29 is 13.2 Å². The monoisotopic (exact) mass is 604 g/mol. The Kier molecular flexibility index (Phi) is 8.36. The second kappa shape index (κ2) is 12.7. The summed E-state index contributed by atoms with van der Waals surface area (Å²) in [6.07, 6.45) is 1.70. The van der Waals surface area contributed by atoms with Crippen molar-refractivity contribution in [2.45, 2.75) is 11.8 Å². The number of anilines is 4. The standard InChI is InChI=1S/C34H32N6O3S/c1-25(41)36-29-11-7-28(8-12-29)33-19-20-35-34(38-33)37-30-13-15-31(16-14-30)39-21-23-40(24-22-39)44(42,43)32-17-9-27(10-18-32)26-5-3-2-4-6-26/h2-20H,21-24H2,1H3,(H,36,41)(H,35,37,38). The molecule has 222 valence electrons. The van der Waals surface area contributed by atoms with Gasteiger partial charge in [-0.15, -0.1) is 0 Å². The maximum atomic E-state index is 13.3. The van der Waals surface area contributed by atoms with Crippen LogP contribution in [-0.4, -0.2) is 54.8 Å². The van der Waals surface area contributed by atoms with E-state index in [0.717, 1.165) is 39.4 Å². The van der Waals surface area contributed by atoms with E-state index in [-0.39, 0.29) is 5.91 Å². The largest absolute Gasteiger partial charge is 0.369 e. The summed E-state index contributed by atoms with van der Waals surface area (Å²) >= 11 is 0. The molecule has 0 radical (unpaired) electrons. The minimum absolute atomic E-state index is 0.117. The molecule has 1 fully saturated rings. The van der Waals surface area contributed by atoms with Gasteiger partial charge in [0.05, 0.1) is 10.6 Å². The zero-order chi connectivity index (χ0) is 30.5. The highest BCUT2D eigenvalue weighted by Crippen LogP contribution is 2.26. The third kappa shape index (κ3) is 6.61. The number of nitrogens with one attached hydrogen (secondary N) is 2. The van der Waals surface area contributed by atoms with Crippen molar-refractivity contribution in [2.75, 3.05) is 41.7 Å². The lowest BCUT2D eigenvalue weighted by Gasteiger charge is -2.35. The SMILES string of the molecule is CC(=O)Nc1ccc(-c2ccnc(Nc3ccc(N4CCN(S(=O)(=O)c5ccc(-c6ccccc6)cc5)CC4)cc3)n2)cc1. The fourth-order valence-electron chi connectivity index (χ4n) is 5.18. The van der Waals surface area contributed by atoms with Crippen LogP contribution in [0.3, 0.4) is 0 Å². The average Bonchev–Trinajstić information content (AvgIpc) is 3.06. The van der Waals surface area contributed by atoms with Crippen LogP contribution in [0.4, 0.5) is 23.0 Å². The molecule has 9 nitrogen and oxygen atoms in total. The van der Waals surface area contributed by atoms with Gasteiger partial charge in [-0.25, -0.2) is 18.4 Å². The summed E-state index contributed by atoms with van der Waals surface area (Å²) in [5.41, 5.74) is 6.30. The van der Waals surface area contributed by atoms with Crippen LogP contribution in [0.15, 0.2) is 120 Å². The Morgan fingerprint density at radius 2 is 1.32 bits per heavy atom. The lowest BCUT2D eigenvalue weighted by Crippen LogP contribution is -2.48. The highest BCUT2D eigenvalue weighted by atomic mass is 32.2. The molecule has 0 unspecified atom stereocenters. The molecule has 44 heavy (non-hydrogen) atoms. The van der Waals surface area contributed by atoms with Crippen LogP contribution in [0.2, 0.25) is 0 Å². The normalized spacial score (nSPS) is 13.8. The van der Waals surface area contributed by atoms with Crippen molar-refractivity contribution in [3.63, 3.8) is 0 Å². The second-order valence-electron chi connectivity index (χ2n) is 10.5. The van der Waals surface area contributed by atoms with Gasteiger partial charge in [0.2, 0.25) is 21.9 Å². The van der Waals surface area contributed by atoms with Crippen molar-refractivity contribution in [3.8, 4) is 22.4 Å². The molecule has 0 saturated carbocycles. The minimum Gasteiger partial charge on any atom is -0.369 e. The van der Waals surface area contributed by atoms with Crippen molar-refractivity contribution >= 4 is 38.9 Å². The smallest absolute Gasteiger partial charge is 0.243 e. The Bertz CT molecular complexity index is 1840. The number of carbonyl (C=O) groups is 1. The highest BCUT2D eigenvalue weighted by molar-refractivity contribution is 7.89. The topological polar surface area (TPSA) is 108 Å². The van der Waals surface area contributed by atoms with E-state index in [1.165, 1.54) is 6.92 Å². The van der Waals surface area contributed by atoms with E-state index in [4.69, 9.17) is 0 Å². The van der Waals surface area contributed by atoms with Crippen LogP contribution in [-0.2, 0) is 14.8 Å². The molecule has 2 heterocycles. The number of rotatable bonds is 8. The molecule has 1 saturated heterocycles. The lowest BCUT2D eigenvalue weighted by molar-refractivity contribution is -0.114. The number of piperazine rings is 1. The maximum Gasteiger partial charge on any atom is 0.243 e. The van der Waals surface area contributed by atoms with Gasteiger partial charge in [0.1, 0.15) is 0 Å².